The molecule has 0 spiro atoms. The van der Waals surface area contributed by atoms with E-state index in [1.807, 2.05) is 6.33 Å². The Morgan fingerprint density at radius 3 is 2.94 bits per heavy atom. The molecule has 2 heterocycles. The number of hydrogen-bond donors (Lipinski definition) is 0. The van der Waals surface area contributed by atoms with Crippen molar-refractivity contribution >= 4 is 0 Å². The maximum absolute atomic E-state index is 4.42. The van der Waals surface area contributed by atoms with Crippen LogP contribution in [0, 0.1) is 5.92 Å². The molecule has 1 atom stereocenters. The van der Waals surface area contributed by atoms with Crippen molar-refractivity contribution in [1.29, 1.82) is 0 Å². The fourth-order valence-electron chi connectivity index (χ4n) is 3.08. The summed E-state index contributed by atoms with van der Waals surface area (Å²) in [5.74, 6) is 2.11. The first kappa shape index (κ1) is 12.2. The number of rotatable bonds is 5. The smallest absolute Gasteiger partial charge is 0.150 e. The van der Waals surface area contributed by atoms with Gasteiger partial charge in [0, 0.05) is 6.54 Å². The quantitative estimate of drug-likeness (QED) is 0.803. The molecule has 4 nitrogen and oxygen atoms in total. The summed E-state index contributed by atoms with van der Waals surface area (Å²) in [4.78, 5) is 2.61. The summed E-state index contributed by atoms with van der Waals surface area (Å²) in [5, 5.41) is 8.58. The lowest BCUT2D eigenvalue weighted by molar-refractivity contribution is 0.138. The highest BCUT2D eigenvalue weighted by molar-refractivity contribution is 4.99. The highest BCUT2D eigenvalue weighted by Gasteiger charge is 2.29. The van der Waals surface area contributed by atoms with E-state index in [0.717, 1.165) is 12.5 Å². The number of nitrogens with zero attached hydrogens (tertiary/aromatic N) is 4. The van der Waals surface area contributed by atoms with Gasteiger partial charge in [0.05, 0.1) is 6.04 Å². The number of aromatic nitrogens is 3. The van der Waals surface area contributed by atoms with E-state index in [9.17, 15) is 0 Å². The topological polar surface area (TPSA) is 34.0 Å². The zero-order valence-electron chi connectivity index (χ0n) is 11.4. The van der Waals surface area contributed by atoms with Crippen LogP contribution in [0.3, 0.4) is 0 Å². The highest BCUT2D eigenvalue weighted by atomic mass is 15.3. The van der Waals surface area contributed by atoms with Gasteiger partial charge < -0.3 is 4.57 Å². The van der Waals surface area contributed by atoms with Crippen LogP contribution in [-0.4, -0.2) is 32.8 Å². The monoisotopic (exact) mass is 248 g/mol. The van der Waals surface area contributed by atoms with E-state index in [-0.39, 0.29) is 0 Å². The molecule has 1 aromatic heterocycles. The largest absolute Gasteiger partial charge is 0.316 e. The summed E-state index contributed by atoms with van der Waals surface area (Å²) in [6.07, 6.45) is 9.87. The molecule has 4 heteroatoms. The molecule has 0 N–H and O–H groups in total. The molecule has 1 aromatic rings. The van der Waals surface area contributed by atoms with Crippen molar-refractivity contribution in [3.05, 3.63) is 12.2 Å². The lowest BCUT2D eigenvalue weighted by atomic mass is 10.0. The molecule has 1 saturated carbocycles. The van der Waals surface area contributed by atoms with Crippen molar-refractivity contribution in [1.82, 2.24) is 19.7 Å². The summed E-state index contributed by atoms with van der Waals surface area (Å²) in [5.41, 5.74) is 0. The molecule has 0 unspecified atom stereocenters. The third kappa shape index (κ3) is 2.58. The summed E-state index contributed by atoms with van der Waals surface area (Å²) in [6, 6.07) is 0.514. The van der Waals surface area contributed by atoms with Gasteiger partial charge in [0.1, 0.15) is 12.2 Å². The molecular weight excluding hydrogens is 224 g/mol. The Balaban J connectivity index is 1.75. The molecule has 0 aromatic carbocycles. The van der Waals surface area contributed by atoms with Gasteiger partial charge in [-0.15, -0.1) is 10.2 Å². The molecule has 1 aliphatic heterocycles. The second-order valence-electron chi connectivity index (χ2n) is 5.83. The van der Waals surface area contributed by atoms with E-state index in [1.165, 1.54) is 57.4 Å². The summed E-state index contributed by atoms with van der Waals surface area (Å²) in [6.45, 7) is 5.83. The summed E-state index contributed by atoms with van der Waals surface area (Å²) < 4.78 is 2.32. The Bertz CT molecular complexity index is 381. The van der Waals surface area contributed by atoms with E-state index in [1.54, 1.807) is 0 Å². The Kier molecular flexibility index (Phi) is 3.64. The third-order valence-corrected chi connectivity index (χ3v) is 4.22. The Morgan fingerprint density at radius 2 is 2.17 bits per heavy atom. The van der Waals surface area contributed by atoms with Crippen LogP contribution >= 0.6 is 0 Å². The minimum Gasteiger partial charge on any atom is -0.316 e. The first-order valence-electron chi connectivity index (χ1n) is 7.50. The Labute approximate surface area is 109 Å². The summed E-state index contributed by atoms with van der Waals surface area (Å²) >= 11 is 0. The molecule has 1 saturated heterocycles. The molecule has 1 aliphatic carbocycles. The predicted molar refractivity (Wildman–Crippen MR) is 71.2 cm³/mol. The van der Waals surface area contributed by atoms with E-state index in [2.05, 4.69) is 26.6 Å². The van der Waals surface area contributed by atoms with Gasteiger partial charge in [0.2, 0.25) is 0 Å². The molecule has 0 bridgehead atoms. The standard InChI is InChI=1S/C14H24N4/c1-2-8-17-9-4-3-5-13(17)14-16-15-11-18(14)10-12-6-7-12/h11-13H,2-10H2,1H3/t13-/m0/s1. The number of likely N-dealkylation sites (tertiary alicyclic amines) is 1. The van der Waals surface area contributed by atoms with E-state index >= 15 is 0 Å². The maximum Gasteiger partial charge on any atom is 0.150 e. The van der Waals surface area contributed by atoms with E-state index < -0.39 is 0 Å². The van der Waals surface area contributed by atoms with E-state index in [0.29, 0.717) is 6.04 Å². The fourth-order valence-corrected chi connectivity index (χ4v) is 3.08. The second-order valence-corrected chi connectivity index (χ2v) is 5.83. The van der Waals surface area contributed by atoms with Gasteiger partial charge in [-0.3, -0.25) is 4.90 Å². The van der Waals surface area contributed by atoms with Crippen LogP contribution < -0.4 is 0 Å². The average molecular weight is 248 g/mol. The van der Waals surface area contributed by atoms with Gasteiger partial charge in [0.15, 0.2) is 0 Å². The van der Waals surface area contributed by atoms with Gasteiger partial charge in [-0.25, -0.2) is 0 Å². The zero-order chi connectivity index (χ0) is 12.4. The van der Waals surface area contributed by atoms with Crippen LogP contribution in [0.15, 0.2) is 6.33 Å². The molecule has 2 aliphatic rings. The van der Waals surface area contributed by atoms with Crippen LogP contribution in [-0.2, 0) is 6.54 Å². The molecule has 100 valence electrons. The molecule has 0 radical (unpaired) electrons. The van der Waals surface area contributed by atoms with Crippen molar-refractivity contribution < 1.29 is 0 Å². The fraction of sp³-hybridized carbons (Fsp3) is 0.857. The summed E-state index contributed by atoms with van der Waals surface area (Å²) in [7, 11) is 0. The van der Waals surface area contributed by atoms with E-state index in [4.69, 9.17) is 0 Å². The molecule has 2 fully saturated rings. The maximum atomic E-state index is 4.42. The number of piperidine rings is 1. The normalized spacial score (nSPS) is 25.5. The van der Waals surface area contributed by atoms with Crippen molar-refractivity contribution in [2.45, 2.75) is 58.0 Å². The van der Waals surface area contributed by atoms with Crippen LogP contribution in [0.4, 0.5) is 0 Å². The number of hydrogen-bond acceptors (Lipinski definition) is 3. The molecule has 18 heavy (non-hydrogen) atoms. The zero-order valence-corrected chi connectivity index (χ0v) is 11.4. The minimum atomic E-state index is 0.514. The predicted octanol–water partition coefficient (Wildman–Crippen LogP) is 2.63. The lowest BCUT2D eigenvalue weighted by Crippen LogP contribution is -2.35. The lowest BCUT2D eigenvalue weighted by Gasteiger charge is -2.34. The van der Waals surface area contributed by atoms with Crippen LogP contribution in [0.5, 0.6) is 0 Å². The van der Waals surface area contributed by atoms with Crippen molar-refractivity contribution in [3.8, 4) is 0 Å². The van der Waals surface area contributed by atoms with Crippen LogP contribution in [0.2, 0.25) is 0 Å². The van der Waals surface area contributed by atoms with Crippen molar-refractivity contribution in [2.75, 3.05) is 13.1 Å². The van der Waals surface area contributed by atoms with Gasteiger partial charge in [-0.1, -0.05) is 13.3 Å². The highest BCUT2D eigenvalue weighted by Crippen LogP contribution is 2.34. The minimum absolute atomic E-state index is 0.514. The van der Waals surface area contributed by atoms with Crippen molar-refractivity contribution in [3.63, 3.8) is 0 Å². The first-order valence-corrected chi connectivity index (χ1v) is 7.50. The first-order chi connectivity index (χ1) is 8.88. The average Bonchev–Trinajstić information content (AvgIpc) is 3.08. The van der Waals surface area contributed by atoms with Crippen LogP contribution in [0.25, 0.3) is 0 Å². The van der Waals surface area contributed by atoms with Gasteiger partial charge in [-0.05, 0) is 51.1 Å². The van der Waals surface area contributed by atoms with Gasteiger partial charge in [0.25, 0.3) is 0 Å². The SMILES string of the molecule is CCCN1CCCC[C@H]1c1nncn1CC1CC1. The van der Waals surface area contributed by atoms with Crippen LogP contribution in [0.1, 0.15) is 57.3 Å². The van der Waals surface area contributed by atoms with Gasteiger partial charge >= 0.3 is 0 Å². The second kappa shape index (κ2) is 5.39. The molecule has 3 rings (SSSR count). The third-order valence-electron chi connectivity index (χ3n) is 4.22. The Hall–Kier alpha value is -0.900. The van der Waals surface area contributed by atoms with Gasteiger partial charge in [-0.2, -0.15) is 0 Å². The molecule has 0 amide bonds. The molecular formula is C14H24N4. The van der Waals surface area contributed by atoms with Crippen molar-refractivity contribution in [2.24, 2.45) is 5.92 Å². The Morgan fingerprint density at radius 1 is 1.28 bits per heavy atom.